The molecule has 1 saturated heterocycles. The first-order valence-electron chi connectivity index (χ1n) is 8.33. The van der Waals surface area contributed by atoms with Gasteiger partial charge in [0.1, 0.15) is 11.9 Å². The fourth-order valence-corrected chi connectivity index (χ4v) is 3.51. The van der Waals surface area contributed by atoms with Crippen LogP contribution in [0.5, 0.6) is 0 Å². The van der Waals surface area contributed by atoms with Crippen LogP contribution in [0.4, 0.5) is 10.1 Å². The van der Waals surface area contributed by atoms with Gasteiger partial charge in [-0.25, -0.2) is 4.39 Å². The molecule has 2 heterocycles. The molecule has 138 valence electrons. The van der Waals surface area contributed by atoms with Crippen molar-refractivity contribution in [2.45, 2.75) is 6.04 Å². The zero-order valence-corrected chi connectivity index (χ0v) is 14.9. The quantitative estimate of drug-likeness (QED) is 0.825. The number of amides is 2. The molecule has 0 bridgehead atoms. The van der Waals surface area contributed by atoms with Crippen molar-refractivity contribution in [1.29, 1.82) is 0 Å². The van der Waals surface area contributed by atoms with Crippen LogP contribution in [-0.2, 0) is 4.79 Å². The Morgan fingerprint density at radius 3 is 2.42 bits per heavy atom. The van der Waals surface area contributed by atoms with Crippen LogP contribution < -0.4 is 10.2 Å². The van der Waals surface area contributed by atoms with E-state index < -0.39 is 12.6 Å². The number of hydrogen-bond donors (Lipinski definition) is 2. The molecule has 1 aliphatic heterocycles. The molecule has 3 rings (SSSR count). The van der Waals surface area contributed by atoms with Crippen molar-refractivity contribution in [2.24, 2.45) is 0 Å². The van der Waals surface area contributed by atoms with E-state index in [2.05, 4.69) is 10.2 Å². The third kappa shape index (κ3) is 4.20. The second kappa shape index (κ2) is 8.29. The lowest BCUT2D eigenvalue weighted by atomic mass is 10.2. The fourth-order valence-electron chi connectivity index (χ4n) is 2.88. The standard InChI is InChI=1S/C18H20FN3O3S/c19-13-3-5-14(6-4-13)21-7-9-22(10-8-21)18(25)15(12-23)20-17(24)16-2-1-11-26-16/h1-6,11,15,23H,7-10,12H2,(H,20,24). The Hall–Kier alpha value is -2.45. The van der Waals surface area contributed by atoms with Gasteiger partial charge in [-0.05, 0) is 35.7 Å². The molecule has 26 heavy (non-hydrogen) atoms. The van der Waals surface area contributed by atoms with Crippen LogP contribution in [0.3, 0.4) is 0 Å². The van der Waals surface area contributed by atoms with E-state index in [1.54, 1.807) is 34.5 Å². The van der Waals surface area contributed by atoms with Crippen LogP contribution in [0.2, 0.25) is 0 Å². The highest BCUT2D eigenvalue weighted by Gasteiger charge is 2.28. The Morgan fingerprint density at radius 2 is 1.85 bits per heavy atom. The highest BCUT2D eigenvalue weighted by molar-refractivity contribution is 7.12. The van der Waals surface area contributed by atoms with E-state index in [-0.39, 0.29) is 17.6 Å². The van der Waals surface area contributed by atoms with Gasteiger partial charge in [-0.2, -0.15) is 0 Å². The van der Waals surface area contributed by atoms with E-state index in [1.165, 1.54) is 23.5 Å². The minimum Gasteiger partial charge on any atom is -0.394 e. The lowest BCUT2D eigenvalue weighted by Gasteiger charge is -2.37. The van der Waals surface area contributed by atoms with Crippen LogP contribution in [-0.4, -0.2) is 60.6 Å². The first-order valence-corrected chi connectivity index (χ1v) is 9.21. The summed E-state index contributed by atoms with van der Waals surface area (Å²) < 4.78 is 13.0. The summed E-state index contributed by atoms with van der Waals surface area (Å²) >= 11 is 1.28. The largest absolute Gasteiger partial charge is 0.394 e. The zero-order chi connectivity index (χ0) is 18.5. The summed E-state index contributed by atoms with van der Waals surface area (Å²) in [5.74, 6) is -0.941. The second-order valence-corrected chi connectivity index (χ2v) is 6.92. The number of aliphatic hydroxyl groups excluding tert-OH is 1. The molecule has 0 aliphatic carbocycles. The molecule has 1 atom stereocenters. The summed E-state index contributed by atoms with van der Waals surface area (Å²) in [7, 11) is 0. The fraction of sp³-hybridized carbons (Fsp3) is 0.333. The average Bonchev–Trinajstić information content (AvgIpc) is 3.21. The summed E-state index contributed by atoms with van der Waals surface area (Å²) in [5, 5.41) is 13.9. The van der Waals surface area contributed by atoms with Gasteiger partial charge in [0, 0.05) is 31.9 Å². The zero-order valence-electron chi connectivity index (χ0n) is 14.1. The molecule has 0 spiro atoms. The van der Waals surface area contributed by atoms with Gasteiger partial charge in [-0.3, -0.25) is 9.59 Å². The number of hydrogen-bond acceptors (Lipinski definition) is 5. The van der Waals surface area contributed by atoms with E-state index in [0.29, 0.717) is 31.1 Å². The van der Waals surface area contributed by atoms with Crippen molar-refractivity contribution in [3.05, 3.63) is 52.5 Å². The van der Waals surface area contributed by atoms with Gasteiger partial charge >= 0.3 is 0 Å². The van der Waals surface area contributed by atoms with E-state index in [4.69, 9.17) is 0 Å². The molecule has 1 aromatic carbocycles. The van der Waals surface area contributed by atoms with Gasteiger partial charge in [-0.15, -0.1) is 11.3 Å². The van der Waals surface area contributed by atoms with Crippen molar-refractivity contribution in [3.63, 3.8) is 0 Å². The first-order chi connectivity index (χ1) is 12.6. The Morgan fingerprint density at radius 1 is 1.15 bits per heavy atom. The Balaban J connectivity index is 1.56. The van der Waals surface area contributed by atoms with Crippen molar-refractivity contribution in [1.82, 2.24) is 10.2 Å². The molecular weight excluding hydrogens is 357 g/mol. The van der Waals surface area contributed by atoms with Gasteiger partial charge in [-0.1, -0.05) is 6.07 Å². The first kappa shape index (κ1) is 18.3. The predicted octanol–water partition coefficient (Wildman–Crippen LogP) is 1.33. The molecule has 1 fully saturated rings. The number of halogens is 1. The minimum atomic E-state index is -0.957. The molecule has 2 N–H and O–H groups in total. The summed E-state index contributed by atoms with van der Waals surface area (Å²) in [4.78, 5) is 28.9. The van der Waals surface area contributed by atoms with Crippen LogP contribution in [0.25, 0.3) is 0 Å². The number of anilines is 1. The highest BCUT2D eigenvalue weighted by atomic mass is 32.1. The third-order valence-corrected chi connectivity index (χ3v) is 5.18. The number of carbonyl (C=O) groups excluding carboxylic acids is 2. The minimum absolute atomic E-state index is 0.283. The second-order valence-electron chi connectivity index (χ2n) is 5.97. The molecule has 8 heteroatoms. The normalized spacial score (nSPS) is 15.6. The van der Waals surface area contributed by atoms with Gasteiger partial charge < -0.3 is 20.2 Å². The third-order valence-electron chi connectivity index (χ3n) is 4.31. The maximum absolute atomic E-state index is 13.0. The topological polar surface area (TPSA) is 72.9 Å². The number of aliphatic hydroxyl groups is 1. The molecule has 2 aromatic rings. The molecule has 2 amide bonds. The van der Waals surface area contributed by atoms with Crippen LogP contribution in [0.1, 0.15) is 9.67 Å². The van der Waals surface area contributed by atoms with Gasteiger partial charge in [0.2, 0.25) is 5.91 Å². The van der Waals surface area contributed by atoms with Gasteiger partial charge in [0.15, 0.2) is 0 Å². The number of rotatable bonds is 5. The maximum Gasteiger partial charge on any atom is 0.262 e. The molecule has 1 aromatic heterocycles. The average molecular weight is 377 g/mol. The van der Waals surface area contributed by atoms with Crippen molar-refractivity contribution < 1.29 is 19.1 Å². The predicted molar refractivity (Wildman–Crippen MR) is 97.9 cm³/mol. The van der Waals surface area contributed by atoms with Gasteiger partial charge in [0.05, 0.1) is 11.5 Å². The van der Waals surface area contributed by atoms with E-state index in [0.717, 1.165) is 5.69 Å². The number of piperazine rings is 1. The summed E-state index contributed by atoms with van der Waals surface area (Å²) in [6, 6.07) is 8.71. The van der Waals surface area contributed by atoms with Crippen LogP contribution in [0, 0.1) is 5.82 Å². The Bertz CT molecular complexity index is 744. The van der Waals surface area contributed by atoms with Crippen LogP contribution in [0.15, 0.2) is 41.8 Å². The van der Waals surface area contributed by atoms with Gasteiger partial charge in [0.25, 0.3) is 5.91 Å². The van der Waals surface area contributed by atoms with Crippen LogP contribution >= 0.6 is 11.3 Å². The number of carbonyl (C=O) groups is 2. The summed E-state index contributed by atoms with van der Waals surface area (Å²) in [5.41, 5.74) is 0.906. The lowest BCUT2D eigenvalue weighted by molar-refractivity contribution is -0.134. The smallest absolute Gasteiger partial charge is 0.262 e. The summed E-state index contributed by atoms with van der Waals surface area (Å²) in [6.07, 6.45) is 0. The summed E-state index contributed by atoms with van der Waals surface area (Å²) in [6.45, 7) is 1.71. The maximum atomic E-state index is 13.0. The monoisotopic (exact) mass is 377 g/mol. The molecular formula is C18H20FN3O3S. The lowest BCUT2D eigenvalue weighted by Crippen LogP contribution is -2.56. The Labute approximate surface area is 154 Å². The van der Waals surface area contributed by atoms with E-state index in [9.17, 15) is 19.1 Å². The highest BCUT2D eigenvalue weighted by Crippen LogP contribution is 2.17. The van der Waals surface area contributed by atoms with E-state index >= 15 is 0 Å². The number of nitrogens with zero attached hydrogens (tertiary/aromatic N) is 2. The molecule has 0 saturated carbocycles. The Kier molecular flexibility index (Phi) is 5.85. The SMILES string of the molecule is O=C(NC(CO)C(=O)N1CCN(c2ccc(F)cc2)CC1)c1cccs1. The molecule has 1 aliphatic rings. The van der Waals surface area contributed by atoms with Crippen molar-refractivity contribution >= 4 is 28.8 Å². The molecule has 0 radical (unpaired) electrons. The van der Waals surface area contributed by atoms with Crippen molar-refractivity contribution in [2.75, 3.05) is 37.7 Å². The van der Waals surface area contributed by atoms with E-state index in [1.807, 2.05) is 0 Å². The van der Waals surface area contributed by atoms with Crippen molar-refractivity contribution in [3.8, 4) is 0 Å². The molecule has 1 unspecified atom stereocenters. The number of nitrogens with one attached hydrogen (secondary N) is 1. The number of thiophene rings is 1. The number of benzene rings is 1. The molecule has 6 nitrogen and oxygen atoms in total.